The van der Waals surface area contributed by atoms with E-state index in [4.69, 9.17) is 19.7 Å². The third-order valence-corrected chi connectivity index (χ3v) is 5.64. The van der Waals surface area contributed by atoms with Gasteiger partial charge in [0.25, 0.3) is 0 Å². The van der Waals surface area contributed by atoms with Crippen LogP contribution in [0, 0.1) is 11.2 Å². The molecule has 1 fully saturated rings. The first-order chi connectivity index (χ1) is 17.4. The third-order valence-electron chi connectivity index (χ3n) is 5.64. The summed E-state index contributed by atoms with van der Waals surface area (Å²) in [6, 6.07) is 7.64. The molecule has 0 unspecified atom stereocenters. The van der Waals surface area contributed by atoms with Gasteiger partial charge in [-0.15, -0.1) is 0 Å². The van der Waals surface area contributed by atoms with E-state index < -0.39 is 11.7 Å². The largest absolute Gasteiger partial charge is 0.396 e. The lowest BCUT2D eigenvalue weighted by molar-refractivity contribution is -0.231. The maximum atomic E-state index is 13.6. The van der Waals surface area contributed by atoms with Crippen molar-refractivity contribution in [3.63, 3.8) is 0 Å². The lowest BCUT2D eigenvalue weighted by Crippen LogP contribution is -2.49. The van der Waals surface area contributed by atoms with Crippen LogP contribution in [0.15, 0.2) is 36.5 Å². The number of aliphatic hydroxyl groups excluding tert-OH is 2. The van der Waals surface area contributed by atoms with Crippen molar-refractivity contribution in [1.82, 2.24) is 25.3 Å². The number of aromatic amines is 1. The molecule has 1 aliphatic rings. The lowest BCUT2D eigenvalue weighted by Gasteiger charge is -2.35. The second-order valence-electron chi connectivity index (χ2n) is 8.62. The summed E-state index contributed by atoms with van der Waals surface area (Å²) >= 11 is 0. The van der Waals surface area contributed by atoms with Crippen molar-refractivity contribution in [3.8, 4) is 22.6 Å². The van der Waals surface area contributed by atoms with Crippen LogP contribution in [0.2, 0.25) is 0 Å². The average Bonchev–Trinajstić information content (AvgIpc) is 3.34. The summed E-state index contributed by atoms with van der Waals surface area (Å²) in [5.74, 6) is 0.114. The Morgan fingerprint density at radius 3 is 2.58 bits per heavy atom. The number of aromatic nitrogens is 4. The zero-order chi connectivity index (χ0) is 25.5. The van der Waals surface area contributed by atoms with Crippen LogP contribution >= 0.6 is 0 Å². The molecule has 0 atom stereocenters. The fourth-order valence-electron chi connectivity index (χ4n) is 3.65. The van der Waals surface area contributed by atoms with E-state index in [1.54, 1.807) is 31.3 Å². The topological polar surface area (TPSA) is 155 Å². The van der Waals surface area contributed by atoms with Gasteiger partial charge in [0.2, 0.25) is 18.1 Å². The highest BCUT2D eigenvalue weighted by Crippen LogP contribution is 2.35. The van der Waals surface area contributed by atoms with Gasteiger partial charge in [-0.25, -0.2) is 19.3 Å². The number of hydrogen-bond donors (Lipinski definition) is 5. The van der Waals surface area contributed by atoms with Gasteiger partial charge >= 0.3 is 0 Å². The molecule has 4 rings (SSSR count). The van der Waals surface area contributed by atoms with Crippen LogP contribution in [0.3, 0.4) is 0 Å². The first kappa shape index (κ1) is 25.6. The molecule has 0 bridgehead atoms. The highest BCUT2D eigenvalue weighted by Gasteiger charge is 2.40. The Morgan fingerprint density at radius 1 is 1.14 bits per heavy atom. The maximum absolute atomic E-state index is 13.6. The van der Waals surface area contributed by atoms with E-state index in [1.807, 2.05) is 0 Å². The Balaban J connectivity index is 1.61. The molecule has 2 aromatic heterocycles. The number of anilines is 1. The number of nitrogens with zero attached hydrogens (tertiary/aromatic N) is 3. The van der Waals surface area contributed by atoms with Gasteiger partial charge in [0.1, 0.15) is 5.82 Å². The second kappa shape index (κ2) is 11.5. The minimum absolute atomic E-state index is 0.0504. The number of H-pyrrole nitrogens is 1. The van der Waals surface area contributed by atoms with E-state index in [2.05, 4.69) is 30.6 Å². The highest BCUT2D eigenvalue weighted by molar-refractivity contribution is 5.82. The van der Waals surface area contributed by atoms with Gasteiger partial charge in [-0.05, 0) is 43.7 Å². The summed E-state index contributed by atoms with van der Waals surface area (Å²) in [5, 5.41) is 23.7. The molecule has 1 aromatic carbocycles. The Bertz CT molecular complexity index is 1160. The number of benzene rings is 1. The minimum atomic E-state index is -0.914. The number of ether oxygens (including phenoxy) is 2. The molecule has 11 nitrogen and oxygen atoms in total. The van der Waals surface area contributed by atoms with E-state index in [1.165, 1.54) is 12.1 Å². The van der Waals surface area contributed by atoms with E-state index in [0.29, 0.717) is 47.4 Å². The van der Waals surface area contributed by atoms with Gasteiger partial charge in [0.05, 0.1) is 42.3 Å². The molecule has 192 valence electrons. The van der Waals surface area contributed by atoms with Gasteiger partial charge in [-0.3, -0.25) is 4.79 Å². The molecule has 5 N–H and O–H groups in total. The van der Waals surface area contributed by atoms with Crippen LogP contribution in [0.1, 0.15) is 25.5 Å². The normalized spacial score (nSPS) is 19.7. The fraction of sp³-hybridized carbons (Fsp3) is 0.417. The van der Waals surface area contributed by atoms with Crippen LogP contribution in [0.25, 0.3) is 22.6 Å². The molecule has 1 amide bonds. The summed E-state index contributed by atoms with van der Waals surface area (Å²) in [6.45, 7) is 2.44. The minimum Gasteiger partial charge on any atom is -0.396 e. The Morgan fingerprint density at radius 2 is 1.89 bits per heavy atom. The van der Waals surface area contributed by atoms with Crippen molar-refractivity contribution in [2.24, 2.45) is 5.41 Å². The zero-order valence-corrected chi connectivity index (χ0v) is 19.8. The average molecular weight is 501 g/mol. The summed E-state index contributed by atoms with van der Waals surface area (Å²) < 4.78 is 25.3. The number of rotatable bonds is 10. The zero-order valence-electron chi connectivity index (χ0n) is 19.8. The fourth-order valence-corrected chi connectivity index (χ4v) is 3.65. The predicted molar refractivity (Wildman–Crippen MR) is 128 cm³/mol. The number of halogens is 1. The summed E-state index contributed by atoms with van der Waals surface area (Å²) in [5.41, 5.74) is 1.37. The summed E-state index contributed by atoms with van der Waals surface area (Å²) in [4.78, 5) is 29.1. The second-order valence-corrected chi connectivity index (χ2v) is 8.62. The van der Waals surface area contributed by atoms with E-state index in [0.717, 1.165) is 0 Å². The first-order valence-electron chi connectivity index (χ1n) is 11.6. The molecular weight excluding hydrogens is 471 g/mol. The third kappa shape index (κ3) is 5.85. The number of amides is 1. The van der Waals surface area contributed by atoms with E-state index in [9.17, 15) is 9.18 Å². The number of nitrogens with one attached hydrogen (secondary N) is 3. The molecule has 3 aromatic rings. The SMILES string of the molecule is CC1(C(=O)NCCO)COC(c2nc(-c3ccc(F)cc3)c(-c3ccnc(NCCCO)n3)[nH]2)OC1. The van der Waals surface area contributed by atoms with E-state index in [-0.39, 0.29) is 44.7 Å². The standard InChI is InChI=1S/C24H29FN6O5/c1-24(22(34)26-10-12-33)13-35-21(36-14-24)20-30-18(15-3-5-16(25)6-4-15)19(31-20)17-7-9-28-23(29-17)27-8-2-11-32/h3-7,9,21,32-33H,2,8,10-14H2,1H3,(H,26,34)(H,30,31)(H,27,28,29). The van der Waals surface area contributed by atoms with Crippen LogP contribution in [-0.2, 0) is 14.3 Å². The first-order valence-corrected chi connectivity index (χ1v) is 11.6. The van der Waals surface area contributed by atoms with Crippen molar-refractivity contribution in [3.05, 3.63) is 48.2 Å². The molecule has 0 radical (unpaired) electrons. The molecule has 0 saturated carbocycles. The van der Waals surface area contributed by atoms with Gasteiger partial charge in [-0.2, -0.15) is 0 Å². The molecule has 1 saturated heterocycles. The quantitative estimate of drug-likeness (QED) is 0.261. The van der Waals surface area contributed by atoms with Gasteiger partial charge in [0.15, 0.2) is 5.82 Å². The number of aliphatic hydroxyl groups is 2. The van der Waals surface area contributed by atoms with Gasteiger partial charge < -0.3 is 35.3 Å². The smallest absolute Gasteiger partial charge is 0.230 e. The Hall–Kier alpha value is -3.45. The van der Waals surface area contributed by atoms with Gasteiger partial charge in [0, 0.05) is 31.5 Å². The highest BCUT2D eigenvalue weighted by atomic mass is 19.1. The van der Waals surface area contributed by atoms with Crippen molar-refractivity contribution in [1.29, 1.82) is 0 Å². The van der Waals surface area contributed by atoms with Crippen molar-refractivity contribution < 1.29 is 28.9 Å². The number of carbonyl (C=O) groups excluding carboxylic acids is 1. The molecule has 1 aliphatic heterocycles. The maximum Gasteiger partial charge on any atom is 0.230 e. The Labute approximate surface area is 207 Å². The number of hydrogen-bond acceptors (Lipinski definition) is 9. The summed E-state index contributed by atoms with van der Waals surface area (Å²) in [6.07, 6.45) is 1.29. The van der Waals surface area contributed by atoms with Crippen LogP contribution < -0.4 is 10.6 Å². The molecule has 0 aliphatic carbocycles. The number of imidazole rings is 1. The molecule has 3 heterocycles. The molecule has 12 heteroatoms. The molecule has 36 heavy (non-hydrogen) atoms. The van der Waals surface area contributed by atoms with Gasteiger partial charge in [-0.1, -0.05) is 0 Å². The monoisotopic (exact) mass is 500 g/mol. The van der Waals surface area contributed by atoms with Crippen LogP contribution in [-0.4, -0.2) is 75.6 Å². The predicted octanol–water partition coefficient (Wildman–Crippen LogP) is 1.63. The number of carbonyl (C=O) groups is 1. The Kier molecular flexibility index (Phi) is 8.21. The van der Waals surface area contributed by atoms with Crippen LogP contribution in [0.5, 0.6) is 0 Å². The lowest BCUT2D eigenvalue weighted by atomic mass is 9.91. The summed E-state index contributed by atoms with van der Waals surface area (Å²) in [7, 11) is 0. The molecule has 0 spiro atoms. The van der Waals surface area contributed by atoms with E-state index >= 15 is 0 Å². The van der Waals surface area contributed by atoms with Crippen molar-refractivity contribution in [2.75, 3.05) is 44.8 Å². The van der Waals surface area contributed by atoms with Crippen LogP contribution in [0.4, 0.5) is 10.3 Å². The molecular formula is C24H29FN6O5. The van der Waals surface area contributed by atoms with Crippen molar-refractivity contribution >= 4 is 11.9 Å². The van der Waals surface area contributed by atoms with Crippen molar-refractivity contribution in [2.45, 2.75) is 19.6 Å².